The molecule has 1 heterocycles. The Hall–Kier alpha value is -1.14. The van der Waals surface area contributed by atoms with Crippen LogP contribution in [0.2, 0.25) is 23.2 Å². The van der Waals surface area contributed by atoms with Crippen LogP contribution in [-0.2, 0) is 23.2 Å². The molecule has 0 amide bonds. The summed E-state index contributed by atoms with van der Waals surface area (Å²) in [7, 11) is -1.94. The standard InChI is InChI=1S/C29H46ClNO2SSi/c1-27(2,3)20-31(17-21-14-26(34-19-21)28(4,5)6)18-23(32)15-22-12-13-24(16-25(22)30)33-35(10,11)29(7,8)9/h12-14,16,19H,15,17-18,20H2,1-11H3. The largest absolute Gasteiger partial charge is 0.543 e. The van der Waals surface area contributed by atoms with Crippen molar-refractivity contribution in [1.82, 2.24) is 4.90 Å². The van der Waals surface area contributed by atoms with Crippen LogP contribution in [0.15, 0.2) is 29.6 Å². The van der Waals surface area contributed by atoms with E-state index in [0.29, 0.717) is 18.0 Å². The second-order valence-electron chi connectivity index (χ2n) is 13.6. The van der Waals surface area contributed by atoms with E-state index in [1.54, 1.807) is 0 Å². The molecule has 0 radical (unpaired) electrons. The van der Waals surface area contributed by atoms with Crippen molar-refractivity contribution in [1.29, 1.82) is 0 Å². The summed E-state index contributed by atoms with van der Waals surface area (Å²) in [6.45, 7) is 26.5. The number of ketones is 1. The maximum atomic E-state index is 13.1. The van der Waals surface area contributed by atoms with Gasteiger partial charge < -0.3 is 4.43 Å². The van der Waals surface area contributed by atoms with Crippen LogP contribution in [0.3, 0.4) is 0 Å². The van der Waals surface area contributed by atoms with Crippen LogP contribution >= 0.6 is 22.9 Å². The molecule has 1 aromatic heterocycles. The first-order chi connectivity index (χ1) is 15.8. The molecule has 196 valence electrons. The number of halogens is 1. The van der Waals surface area contributed by atoms with E-state index in [4.69, 9.17) is 16.0 Å². The number of thiophene rings is 1. The third-order valence-electron chi connectivity index (χ3n) is 6.49. The van der Waals surface area contributed by atoms with E-state index in [1.165, 1.54) is 10.4 Å². The highest BCUT2D eigenvalue weighted by molar-refractivity contribution is 7.10. The van der Waals surface area contributed by atoms with E-state index in [9.17, 15) is 4.79 Å². The molecule has 35 heavy (non-hydrogen) atoms. The van der Waals surface area contributed by atoms with E-state index < -0.39 is 8.32 Å². The van der Waals surface area contributed by atoms with E-state index in [2.05, 4.69) is 91.8 Å². The van der Waals surface area contributed by atoms with Gasteiger partial charge in [-0.15, -0.1) is 11.3 Å². The Bertz CT molecular complexity index is 1010. The van der Waals surface area contributed by atoms with Crippen molar-refractivity contribution in [2.24, 2.45) is 5.41 Å². The zero-order valence-corrected chi connectivity index (χ0v) is 26.3. The lowest BCUT2D eigenvalue weighted by molar-refractivity contribution is -0.120. The molecule has 0 fully saturated rings. The van der Waals surface area contributed by atoms with Crippen LogP contribution < -0.4 is 4.43 Å². The molecule has 1 aromatic carbocycles. The van der Waals surface area contributed by atoms with Gasteiger partial charge in [-0.3, -0.25) is 9.69 Å². The van der Waals surface area contributed by atoms with Gasteiger partial charge in [0.1, 0.15) is 5.75 Å². The highest BCUT2D eigenvalue weighted by Crippen LogP contribution is 2.38. The van der Waals surface area contributed by atoms with E-state index in [1.807, 2.05) is 29.5 Å². The van der Waals surface area contributed by atoms with Crippen molar-refractivity contribution in [3.05, 3.63) is 50.7 Å². The quantitative estimate of drug-likeness (QED) is 0.300. The maximum Gasteiger partial charge on any atom is 0.250 e. The second-order valence-corrected chi connectivity index (χ2v) is 19.6. The molecular weight excluding hydrogens is 490 g/mol. The topological polar surface area (TPSA) is 29.5 Å². The van der Waals surface area contributed by atoms with Crippen LogP contribution in [0, 0.1) is 5.41 Å². The molecule has 6 heteroatoms. The lowest BCUT2D eigenvalue weighted by Crippen LogP contribution is -2.43. The Morgan fingerprint density at radius 3 is 2.14 bits per heavy atom. The molecule has 3 nitrogen and oxygen atoms in total. The SMILES string of the molecule is CC(C)(C)CN(CC(=O)Cc1ccc(O[Si](C)(C)C(C)(C)C)cc1Cl)Cc1csc(C(C)(C)C)c1. The fourth-order valence-electron chi connectivity index (χ4n) is 3.65. The number of carbonyl (C=O) groups is 1. The Balaban J connectivity index is 2.11. The fourth-order valence-corrected chi connectivity index (χ4v) is 5.90. The molecule has 0 aliphatic carbocycles. The van der Waals surface area contributed by atoms with Gasteiger partial charge in [0.2, 0.25) is 8.32 Å². The van der Waals surface area contributed by atoms with Crippen LogP contribution in [0.5, 0.6) is 5.75 Å². The lowest BCUT2D eigenvalue weighted by Gasteiger charge is -2.36. The molecule has 0 aliphatic rings. The molecule has 2 aromatic rings. The maximum absolute atomic E-state index is 13.1. The molecular formula is C29H46ClNO2SSi. The van der Waals surface area contributed by atoms with Crippen molar-refractivity contribution in [2.45, 2.75) is 98.8 Å². The smallest absolute Gasteiger partial charge is 0.250 e. The van der Waals surface area contributed by atoms with Gasteiger partial charge in [-0.05, 0) is 63.7 Å². The molecule has 0 spiro atoms. The second kappa shape index (κ2) is 11.1. The number of carbonyl (C=O) groups excluding carboxylic acids is 1. The molecule has 0 saturated carbocycles. The van der Waals surface area contributed by atoms with Gasteiger partial charge in [0.05, 0.1) is 6.54 Å². The van der Waals surface area contributed by atoms with E-state index >= 15 is 0 Å². The highest BCUT2D eigenvalue weighted by Gasteiger charge is 2.39. The Morgan fingerprint density at radius 2 is 1.66 bits per heavy atom. The van der Waals surface area contributed by atoms with Crippen LogP contribution in [-0.4, -0.2) is 32.1 Å². The summed E-state index contributed by atoms with van der Waals surface area (Å²) in [5.41, 5.74) is 2.39. The van der Waals surface area contributed by atoms with E-state index in [-0.39, 0.29) is 21.7 Å². The normalized spacial score (nSPS) is 13.4. The molecule has 0 saturated heterocycles. The molecule has 0 N–H and O–H groups in total. The number of Topliss-reactive ketones (excluding diaryl/α,β-unsaturated/α-hetero) is 1. The summed E-state index contributed by atoms with van der Waals surface area (Å²) in [4.78, 5) is 16.8. The first kappa shape index (κ1) is 30.1. The Kier molecular flexibility index (Phi) is 9.52. The molecule has 2 rings (SSSR count). The first-order valence-corrected chi connectivity index (χ1v) is 16.7. The number of nitrogens with zero attached hydrogens (tertiary/aromatic N) is 1. The minimum Gasteiger partial charge on any atom is -0.543 e. The summed E-state index contributed by atoms with van der Waals surface area (Å²) < 4.78 is 6.38. The Labute approximate surface area is 224 Å². The van der Waals surface area contributed by atoms with Gasteiger partial charge in [-0.2, -0.15) is 0 Å². The van der Waals surface area contributed by atoms with Crippen LogP contribution in [0.1, 0.15) is 78.3 Å². The van der Waals surface area contributed by atoms with Crippen molar-refractivity contribution >= 4 is 37.0 Å². The van der Waals surface area contributed by atoms with Crippen molar-refractivity contribution < 1.29 is 9.22 Å². The minimum absolute atomic E-state index is 0.101. The third-order valence-corrected chi connectivity index (χ3v) is 12.6. The molecule has 0 bridgehead atoms. The molecule has 0 aliphatic heterocycles. The summed E-state index contributed by atoms with van der Waals surface area (Å²) in [5.74, 6) is 0.972. The fraction of sp³-hybridized carbons (Fsp3) is 0.621. The van der Waals surface area contributed by atoms with Crippen LogP contribution in [0.4, 0.5) is 0 Å². The number of hydrogen-bond donors (Lipinski definition) is 0. The highest BCUT2D eigenvalue weighted by atomic mass is 35.5. The summed E-state index contributed by atoms with van der Waals surface area (Å²) in [6.07, 6.45) is 0.330. The van der Waals surface area contributed by atoms with Gasteiger partial charge >= 0.3 is 0 Å². The number of rotatable bonds is 9. The average Bonchev–Trinajstić information content (AvgIpc) is 3.10. The van der Waals surface area contributed by atoms with Crippen LogP contribution in [0.25, 0.3) is 0 Å². The minimum atomic E-state index is -1.94. The van der Waals surface area contributed by atoms with Crippen molar-refractivity contribution in [3.63, 3.8) is 0 Å². The number of hydrogen-bond acceptors (Lipinski definition) is 4. The predicted octanol–water partition coefficient (Wildman–Crippen LogP) is 8.74. The zero-order chi connectivity index (χ0) is 26.8. The van der Waals surface area contributed by atoms with Gasteiger partial charge in [0, 0.05) is 29.4 Å². The third kappa shape index (κ3) is 9.35. The predicted molar refractivity (Wildman–Crippen MR) is 156 cm³/mol. The molecule has 0 atom stereocenters. The summed E-state index contributed by atoms with van der Waals surface area (Å²) in [5, 5.41) is 2.95. The zero-order valence-electron chi connectivity index (χ0n) is 23.8. The first-order valence-electron chi connectivity index (χ1n) is 12.6. The Morgan fingerprint density at radius 1 is 1.03 bits per heavy atom. The van der Waals surface area contributed by atoms with Gasteiger partial charge in [-0.25, -0.2) is 0 Å². The van der Waals surface area contributed by atoms with Gasteiger partial charge in [0.25, 0.3) is 0 Å². The monoisotopic (exact) mass is 535 g/mol. The van der Waals surface area contributed by atoms with Crippen molar-refractivity contribution in [3.8, 4) is 5.75 Å². The summed E-state index contributed by atoms with van der Waals surface area (Å²) in [6, 6.07) is 8.08. The van der Waals surface area contributed by atoms with E-state index in [0.717, 1.165) is 24.4 Å². The van der Waals surface area contributed by atoms with Gasteiger partial charge in [-0.1, -0.05) is 80.0 Å². The van der Waals surface area contributed by atoms with Gasteiger partial charge in [0.15, 0.2) is 5.78 Å². The van der Waals surface area contributed by atoms with Crippen molar-refractivity contribution in [2.75, 3.05) is 13.1 Å². The summed E-state index contributed by atoms with van der Waals surface area (Å²) >= 11 is 8.41. The lowest BCUT2D eigenvalue weighted by atomic mass is 9.93. The number of benzene rings is 1. The average molecular weight is 536 g/mol. The molecule has 0 unspecified atom stereocenters.